The molecule has 4 heterocycles. The van der Waals surface area contributed by atoms with Crippen LogP contribution in [0.4, 0.5) is 5.82 Å². The van der Waals surface area contributed by atoms with E-state index < -0.39 is 0 Å². The number of aromatic nitrogens is 6. The SMILES string of the molecule is Cc1cc(NCc2csc(-c3cnccn3)n2)n2nc(C)cc2n1. The standard InChI is InChI=1S/C16H15N7S/c1-10-5-14(23-15(20-10)6-11(2)22-23)19-7-12-9-24-16(21-12)13-8-17-3-4-18-13/h3-6,8-9,19H,7H2,1-2H3. The van der Waals surface area contributed by atoms with Crippen LogP contribution in [-0.4, -0.2) is 29.5 Å². The molecule has 0 saturated heterocycles. The first kappa shape index (κ1) is 14.7. The van der Waals surface area contributed by atoms with E-state index in [1.54, 1.807) is 29.9 Å². The Morgan fingerprint density at radius 3 is 2.88 bits per heavy atom. The molecule has 1 N–H and O–H groups in total. The van der Waals surface area contributed by atoms with Gasteiger partial charge in [0, 0.05) is 35.6 Å². The molecule has 4 aromatic heterocycles. The van der Waals surface area contributed by atoms with E-state index in [9.17, 15) is 0 Å². The lowest BCUT2D eigenvalue weighted by Gasteiger charge is -2.07. The van der Waals surface area contributed by atoms with Gasteiger partial charge in [0.15, 0.2) is 5.65 Å². The van der Waals surface area contributed by atoms with Gasteiger partial charge < -0.3 is 5.32 Å². The molecule has 0 amide bonds. The van der Waals surface area contributed by atoms with E-state index in [0.717, 1.165) is 39.2 Å². The van der Waals surface area contributed by atoms with E-state index in [1.807, 2.05) is 35.9 Å². The molecule has 0 aromatic carbocycles. The minimum Gasteiger partial charge on any atom is -0.364 e. The van der Waals surface area contributed by atoms with E-state index >= 15 is 0 Å². The fourth-order valence-electron chi connectivity index (χ4n) is 2.44. The summed E-state index contributed by atoms with van der Waals surface area (Å²) in [5.74, 6) is 0.902. The van der Waals surface area contributed by atoms with Crippen molar-refractivity contribution >= 4 is 22.8 Å². The van der Waals surface area contributed by atoms with Gasteiger partial charge in [-0.1, -0.05) is 0 Å². The van der Waals surface area contributed by atoms with Crippen LogP contribution in [0.5, 0.6) is 0 Å². The van der Waals surface area contributed by atoms with Crippen LogP contribution in [-0.2, 0) is 6.54 Å². The lowest BCUT2D eigenvalue weighted by molar-refractivity contribution is 0.896. The molecular formula is C16H15N7S. The second kappa shape index (κ2) is 5.97. The van der Waals surface area contributed by atoms with E-state index in [0.29, 0.717) is 6.54 Å². The quantitative estimate of drug-likeness (QED) is 0.617. The Balaban J connectivity index is 1.57. The molecule has 4 rings (SSSR count). The second-order valence-electron chi connectivity index (χ2n) is 5.43. The van der Waals surface area contributed by atoms with Crippen LogP contribution in [0.2, 0.25) is 0 Å². The predicted octanol–water partition coefficient (Wildman–Crippen LogP) is 2.87. The first-order chi connectivity index (χ1) is 11.7. The summed E-state index contributed by atoms with van der Waals surface area (Å²) in [6.45, 7) is 4.54. The monoisotopic (exact) mass is 337 g/mol. The van der Waals surface area contributed by atoms with Crippen molar-refractivity contribution in [2.75, 3.05) is 5.32 Å². The molecule has 0 radical (unpaired) electrons. The average molecular weight is 337 g/mol. The first-order valence-electron chi connectivity index (χ1n) is 7.48. The van der Waals surface area contributed by atoms with Gasteiger partial charge in [0.2, 0.25) is 0 Å². The van der Waals surface area contributed by atoms with E-state index in [-0.39, 0.29) is 0 Å². The topological polar surface area (TPSA) is 80.9 Å². The van der Waals surface area contributed by atoms with Crippen molar-refractivity contribution in [3.8, 4) is 10.7 Å². The fraction of sp³-hybridized carbons (Fsp3) is 0.188. The van der Waals surface area contributed by atoms with Crippen molar-refractivity contribution in [3.63, 3.8) is 0 Å². The van der Waals surface area contributed by atoms with Gasteiger partial charge in [-0.15, -0.1) is 11.3 Å². The van der Waals surface area contributed by atoms with Gasteiger partial charge in [-0.25, -0.2) is 9.97 Å². The number of fused-ring (bicyclic) bond motifs is 1. The maximum Gasteiger partial charge on any atom is 0.157 e. The van der Waals surface area contributed by atoms with Crippen molar-refractivity contribution in [1.82, 2.24) is 29.5 Å². The Kier molecular flexibility index (Phi) is 3.66. The minimum absolute atomic E-state index is 0.605. The summed E-state index contributed by atoms with van der Waals surface area (Å²) in [7, 11) is 0. The molecule has 24 heavy (non-hydrogen) atoms. The number of aryl methyl sites for hydroxylation is 2. The Morgan fingerprint density at radius 2 is 2.04 bits per heavy atom. The molecular weight excluding hydrogens is 322 g/mol. The molecule has 7 nitrogen and oxygen atoms in total. The summed E-state index contributed by atoms with van der Waals surface area (Å²) in [6.07, 6.45) is 5.05. The first-order valence-corrected chi connectivity index (χ1v) is 8.36. The molecule has 4 aromatic rings. The second-order valence-corrected chi connectivity index (χ2v) is 6.28. The molecule has 8 heteroatoms. The van der Waals surface area contributed by atoms with E-state index in [4.69, 9.17) is 0 Å². The largest absolute Gasteiger partial charge is 0.364 e. The smallest absolute Gasteiger partial charge is 0.157 e. The molecule has 0 bridgehead atoms. The highest BCUT2D eigenvalue weighted by Gasteiger charge is 2.09. The highest BCUT2D eigenvalue weighted by molar-refractivity contribution is 7.13. The van der Waals surface area contributed by atoms with Crippen LogP contribution in [0.3, 0.4) is 0 Å². The highest BCUT2D eigenvalue weighted by atomic mass is 32.1. The molecule has 0 unspecified atom stereocenters. The summed E-state index contributed by atoms with van der Waals surface area (Å²) >= 11 is 1.56. The van der Waals surface area contributed by atoms with Crippen molar-refractivity contribution in [2.45, 2.75) is 20.4 Å². The molecule has 0 saturated carbocycles. The van der Waals surface area contributed by atoms with Gasteiger partial charge in [0.05, 0.1) is 24.1 Å². The van der Waals surface area contributed by atoms with Crippen LogP contribution in [0, 0.1) is 13.8 Å². The average Bonchev–Trinajstić information content (AvgIpc) is 3.19. The summed E-state index contributed by atoms with van der Waals surface area (Å²) in [5, 5.41) is 10.8. The Bertz CT molecular complexity index is 990. The van der Waals surface area contributed by atoms with Gasteiger partial charge in [-0.2, -0.15) is 9.61 Å². The normalized spacial score (nSPS) is 11.1. The van der Waals surface area contributed by atoms with Gasteiger partial charge in [-0.05, 0) is 13.8 Å². The van der Waals surface area contributed by atoms with Gasteiger partial charge in [0.25, 0.3) is 0 Å². The van der Waals surface area contributed by atoms with Crippen molar-refractivity contribution in [1.29, 1.82) is 0 Å². The number of anilines is 1. The van der Waals surface area contributed by atoms with Crippen LogP contribution >= 0.6 is 11.3 Å². The zero-order valence-electron chi connectivity index (χ0n) is 13.3. The maximum atomic E-state index is 4.61. The van der Waals surface area contributed by atoms with Gasteiger partial charge >= 0.3 is 0 Å². The highest BCUT2D eigenvalue weighted by Crippen LogP contribution is 2.21. The number of rotatable bonds is 4. The summed E-state index contributed by atoms with van der Waals surface area (Å²) in [6, 6.07) is 3.95. The van der Waals surface area contributed by atoms with Crippen LogP contribution in [0.15, 0.2) is 36.1 Å². The summed E-state index contributed by atoms with van der Waals surface area (Å²) in [5.41, 5.74) is 4.47. The van der Waals surface area contributed by atoms with Crippen molar-refractivity contribution in [3.05, 3.63) is 53.2 Å². The molecule has 0 aliphatic rings. The molecule has 120 valence electrons. The van der Waals surface area contributed by atoms with Crippen molar-refractivity contribution in [2.24, 2.45) is 0 Å². The minimum atomic E-state index is 0.605. The van der Waals surface area contributed by atoms with Crippen molar-refractivity contribution < 1.29 is 0 Å². The zero-order chi connectivity index (χ0) is 16.5. The lowest BCUT2D eigenvalue weighted by Crippen LogP contribution is -2.07. The number of nitrogens with one attached hydrogen (secondary N) is 1. The van der Waals surface area contributed by atoms with Crippen LogP contribution in [0.25, 0.3) is 16.3 Å². The Morgan fingerprint density at radius 1 is 1.12 bits per heavy atom. The molecule has 0 aliphatic carbocycles. The lowest BCUT2D eigenvalue weighted by atomic mass is 10.4. The third kappa shape index (κ3) is 2.83. The Hall–Kier alpha value is -2.87. The molecule has 0 atom stereocenters. The number of hydrogen-bond donors (Lipinski definition) is 1. The predicted molar refractivity (Wildman–Crippen MR) is 92.9 cm³/mol. The molecule has 0 aliphatic heterocycles. The number of hydrogen-bond acceptors (Lipinski definition) is 7. The molecule has 0 spiro atoms. The Labute approximate surface area is 142 Å². The summed E-state index contributed by atoms with van der Waals surface area (Å²) < 4.78 is 1.82. The van der Waals surface area contributed by atoms with Crippen LogP contribution < -0.4 is 5.32 Å². The number of thiazole rings is 1. The maximum absolute atomic E-state index is 4.61. The van der Waals surface area contributed by atoms with Gasteiger partial charge in [-0.3, -0.25) is 9.97 Å². The fourth-order valence-corrected chi connectivity index (χ4v) is 3.22. The third-order valence-electron chi connectivity index (χ3n) is 3.46. The van der Waals surface area contributed by atoms with E-state index in [2.05, 4.69) is 30.4 Å². The number of nitrogens with zero attached hydrogens (tertiary/aromatic N) is 6. The van der Waals surface area contributed by atoms with Gasteiger partial charge in [0.1, 0.15) is 16.5 Å². The van der Waals surface area contributed by atoms with Crippen LogP contribution in [0.1, 0.15) is 17.1 Å². The molecule has 0 fully saturated rings. The third-order valence-corrected chi connectivity index (χ3v) is 4.38. The zero-order valence-corrected chi connectivity index (χ0v) is 14.1. The summed E-state index contributed by atoms with van der Waals surface area (Å²) in [4.78, 5) is 17.5. The van der Waals surface area contributed by atoms with E-state index in [1.165, 1.54) is 0 Å².